The van der Waals surface area contributed by atoms with Crippen LogP contribution in [-0.2, 0) is 0 Å². The fourth-order valence-corrected chi connectivity index (χ4v) is 2.32. The van der Waals surface area contributed by atoms with Crippen molar-refractivity contribution in [2.45, 2.75) is 19.8 Å². The Morgan fingerprint density at radius 3 is 2.94 bits per heavy atom. The molecule has 0 amide bonds. The third-order valence-electron chi connectivity index (χ3n) is 3.22. The number of hydrogen-bond acceptors (Lipinski definition) is 3. The Labute approximate surface area is 113 Å². The van der Waals surface area contributed by atoms with Crippen molar-refractivity contribution in [3.8, 4) is 0 Å². The van der Waals surface area contributed by atoms with E-state index < -0.39 is 0 Å². The minimum absolute atomic E-state index is 0.606. The Morgan fingerprint density at radius 1 is 1.33 bits per heavy atom. The zero-order valence-corrected chi connectivity index (χ0v) is 11.3. The molecular weight excluding hydrogens is 246 g/mol. The fourth-order valence-electron chi connectivity index (χ4n) is 2.01. The largest absolute Gasteiger partial charge is 0.383 e. The molecule has 1 atom stereocenters. The highest BCUT2D eigenvalue weighted by atomic mass is 35.5. The quantitative estimate of drug-likeness (QED) is 0.808. The molecular formula is C14H18ClN3. The van der Waals surface area contributed by atoms with Gasteiger partial charge in [0.2, 0.25) is 0 Å². The van der Waals surface area contributed by atoms with Crippen molar-refractivity contribution in [2.24, 2.45) is 5.92 Å². The number of halogens is 1. The van der Waals surface area contributed by atoms with Crippen LogP contribution in [0.3, 0.4) is 0 Å². The van der Waals surface area contributed by atoms with Gasteiger partial charge in [0.05, 0.1) is 17.4 Å². The molecule has 1 aromatic heterocycles. The smallest absolute Gasteiger partial charge is 0.0950 e. The number of aromatic nitrogens is 2. The van der Waals surface area contributed by atoms with Gasteiger partial charge in [-0.05, 0) is 18.4 Å². The van der Waals surface area contributed by atoms with Crippen LogP contribution in [-0.4, -0.2) is 22.6 Å². The summed E-state index contributed by atoms with van der Waals surface area (Å²) in [6.45, 7) is 3.13. The van der Waals surface area contributed by atoms with Gasteiger partial charge in [-0.25, -0.2) is 0 Å². The Hall–Kier alpha value is -1.35. The standard InChI is InChI=1S/C14H18ClN3/c1-2-11(7-8-15)9-16-14-10-17-18-13-6-4-3-5-12(13)14/h3-6,10-11H,2,7-9H2,1H3,(H,16,18). The van der Waals surface area contributed by atoms with Gasteiger partial charge in [-0.2, -0.15) is 10.2 Å². The van der Waals surface area contributed by atoms with E-state index >= 15 is 0 Å². The third-order valence-corrected chi connectivity index (χ3v) is 3.44. The molecule has 96 valence electrons. The number of fused-ring (bicyclic) bond motifs is 1. The second kappa shape index (κ2) is 6.55. The first-order valence-electron chi connectivity index (χ1n) is 6.35. The lowest BCUT2D eigenvalue weighted by atomic mass is 10.0. The van der Waals surface area contributed by atoms with E-state index in [4.69, 9.17) is 11.6 Å². The molecule has 4 heteroatoms. The Morgan fingerprint density at radius 2 is 2.17 bits per heavy atom. The summed E-state index contributed by atoms with van der Waals surface area (Å²) >= 11 is 5.80. The molecule has 1 unspecified atom stereocenters. The molecule has 1 heterocycles. The van der Waals surface area contributed by atoms with E-state index in [1.54, 1.807) is 6.20 Å². The third kappa shape index (κ3) is 3.10. The monoisotopic (exact) mass is 263 g/mol. The minimum atomic E-state index is 0.606. The van der Waals surface area contributed by atoms with Crippen LogP contribution in [0.25, 0.3) is 10.9 Å². The molecule has 0 aliphatic rings. The number of hydrogen-bond donors (Lipinski definition) is 1. The van der Waals surface area contributed by atoms with Gasteiger partial charge in [0.25, 0.3) is 0 Å². The Bertz CT molecular complexity index is 496. The van der Waals surface area contributed by atoms with Gasteiger partial charge in [-0.15, -0.1) is 11.6 Å². The summed E-state index contributed by atoms with van der Waals surface area (Å²) in [5.74, 6) is 1.32. The second-order valence-corrected chi connectivity index (χ2v) is 4.79. The van der Waals surface area contributed by atoms with E-state index in [1.165, 1.54) is 0 Å². The summed E-state index contributed by atoms with van der Waals surface area (Å²) in [6, 6.07) is 8.03. The molecule has 1 aromatic carbocycles. The van der Waals surface area contributed by atoms with Gasteiger partial charge in [0, 0.05) is 17.8 Å². The second-order valence-electron chi connectivity index (χ2n) is 4.41. The maximum atomic E-state index is 5.80. The van der Waals surface area contributed by atoms with Crippen LogP contribution in [0.15, 0.2) is 30.5 Å². The number of nitrogens with zero attached hydrogens (tertiary/aromatic N) is 2. The SMILES string of the molecule is CCC(CCCl)CNc1cnnc2ccccc12. The van der Waals surface area contributed by atoms with Gasteiger partial charge in [-0.3, -0.25) is 0 Å². The van der Waals surface area contributed by atoms with Gasteiger partial charge in [-0.1, -0.05) is 31.5 Å². The molecule has 0 aliphatic heterocycles. The van der Waals surface area contributed by atoms with E-state index in [1.807, 2.05) is 18.2 Å². The Balaban J connectivity index is 2.11. The maximum Gasteiger partial charge on any atom is 0.0950 e. The minimum Gasteiger partial charge on any atom is -0.383 e. The molecule has 0 spiro atoms. The number of anilines is 1. The highest BCUT2D eigenvalue weighted by Gasteiger charge is 2.07. The molecule has 0 fully saturated rings. The summed E-state index contributed by atoms with van der Waals surface area (Å²) in [4.78, 5) is 0. The average molecular weight is 264 g/mol. The van der Waals surface area contributed by atoms with Crippen molar-refractivity contribution in [3.63, 3.8) is 0 Å². The van der Waals surface area contributed by atoms with Crippen LogP contribution in [0.1, 0.15) is 19.8 Å². The first-order chi connectivity index (χ1) is 8.85. The average Bonchev–Trinajstić information content (AvgIpc) is 2.43. The number of alkyl halides is 1. The molecule has 0 saturated carbocycles. The summed E-state index contributed by atoms with van der Waals surface area (Å²) < 4.78 is 0. The van der Waals surface area contributed by atoms with Crippen molar-refractivity contribution in [3.05, 3.63) is 30.5 Å². The fraction of sp³-hybridized carbons (Fsp3) is 0.429. The lowest BCUT2D eigenvalue weighted by molar-refractivity contribution is 0.522. The summed E-state index contributed by atoms with van der Waals surface area (Å²) in [5.41, 5.74) is 1.97. The zero-order chi connectivity index (χ0) is 12.8. The van der Waals surface area contributed by atoms with Crippen molar-refractivity contribution in [2.75, 3.05) is 17.7 Å². The molecule has 18 heavy (non-hydrogen) atoms. The van der Waals surface area contributed by atoms with Crippen molar-refractivity contribution < 1.29 is 0 Å². The molecule has 0 radical (unpaired) electrons. The molecule has 2 rings (SSSR count). The number of rotatable bonds is 6. The predicted octanol–water partition coefficient (Wildman–Crippen LogP) is 3.70. The van der Waals surface area contributed by atoms with Crippen LogP contribution >= 0.6 is 11.6 Å². The lowest BCUT2D eigenvalue weighted by Crippen LogP contribution is -2.14. The molecule has 2 aromatic rings. The molecule has 3 nitrogen and oxygen atoms in total. The summed E-state index contributed by atoms with van der Waals surface area (Å²) in [7, 11) is 0. The predicted molar refractivity (Wildman–Crippen MR) is 77.1 cm³/mol. The highest BCUT2D eigenvalue weighted by Crippen LogP contribution is 2.20. The summed E-state index contributed by atoms with van der Waals surface area (Å²) in [6.07, 6.45) is 3.97. The van der Waals surface area contributed by atoms with E-state index in [0.29, 0.717) is 5.92 Å². The summed E-state index contributed by atoms with van der Waals surface area (Å²) in [5, 5.41) is 12.7. The van der Waals surface area contributed by atoms with Gasteiger partial charge >= 0.3 is 0 Å². The van der Waals surface area contributed by atoms with Crippen molar-refractivity contribution in [1.29, 1.82) is 0 Å². The zero-order valence-electron chi connectivity index (χ0n) is 10.6. The maximum absolute atomic E-state index is 5.80. The number of benzene rings is 1. The lowest BCUT2D eigenvalue weighted by Gasteiger charge is -2.15. The molecule has 0 saturated heterocycles. The molecule has 0 aliphatic carbocycles. The Kier molecular flexibility index (Phi) is 4.76. The topological polar surface area (TPSA) is 37.8 Å². The van der Waals surface area contributed by atoms with E-state index in [0.717, 1.165) is 41.9 Å². The van der Waals surface area contributed by atoms with E-state index in [2.05, 4.69) is 28.5 Å². The van der Waals surface area contributed by atoms with Crippen LogP contribution in [0.5, 0.6) is 0 Å². The first-order valence-corrected chi connectivity index (χ1v) is 6.89. The normalized spacial score (nSPS) is 12.6. The van der Waals surface area contributed by atoms with Gasteiger partial charge in [0.15, 0.2) is 0 Å². The molecule has 0 bridgehead atoms. The van der Waals surface area contributed by atoms with Gasteiger partial charge < -0.3 is 5.32 Å². The van der Waals surface area contributed by atoms with Gasteiger partial charge in [0.1, 0.15) is 0 Å². The van der Waals surface area contributed by atoms with Crippen LogP contribution in [0.2, 0.25) is 0 Å². The van der Waals surface area contributed by atoms with Crippen molar-refractivity contribution in [1.82, 2.24) is 10.2 Å². The van der Waals surface area contributed by atoms with Crippen LogP contribution < -0.4 is 5.32 Å². The first kappa shape index (κ1) is 13.1. The van der Waals surface area contributed by atoms with E-state index in [9.17, 15) is 0 Å². The highest BCUT2D eigenvalue weighted by molar-refractivity contribution is 6.17. The van der Waals surface area contributed by atoms with Crippen molar-refractivity contribution >= 4 is 28.2 Å². The number of nitrogens with one attached hydrogen (secondary N) is 1. The van der Waals surface area contributed by atoms with E-state index in [-0.39, 0.29) is 0 Å². The molecule has 1 N–H and O–H groups in total. The van der Waals surface area contributed by atoms with Crippen LogP contribution in [0, 0.1) is 5.92 Å². The van der Waals surface area contributed by atoms with Crippen LogP contribution in [0.4, 0.5) is 5.69 Å².